The minimum atomic E-state index is 0.556. The van der Waals surface area contributed by atoms with Gasteiger partial charge in [-0.2, -0.15) is 0 Å². The molecule has 1 atom stereocenters. The molecule has 0 bridgehead atoms. The summed E-state index contributed by atoms with van der Waals surface area (Å²) < 4.78 is 0.865. The molecule has 1 rings (SSSR count). The fourth-order valence-electron chi connectivity index (χ4n) is 0.939. The molecule has 1 heterocycles. The van der Waals surface area contributed by atoms with E-state index in [0.717, 1.165) is 17.3 Å². The van der Waals surface area contributed by atoms with E-state index >= 15 is 0 Å². The second-order valence-corrected chi connectivity index (χ2v) is 4.35. The molecule has 0 radical (unpaired) electrons. The topological polar surface area (TPSA) is 26.0 Å². The summed E-state index contributed by atoms with van der Waals surface area (Å²) in [6.45, 7) is 2.89. The van der Waals surface area contributed by atoms with Crippen LogP contribution in [0.4, 0.5) is 0 Å². The van der Waals surface area contributed by atoms with E-state index in [4.69, 9.17) is 17.3 Å². The van der Waals surface area contributed by atoms with Gasteiger partial charge in [-0.05, 0) is 35.9 Å². The minimum absolute atomic E-state index is 0.556. The lowest BCUT2D eigenvalue weighted by Gasteiger charge is -2.04. The van der Waals surface area contributed by atoms with Crippen LogP contribution in [0, 0.1) is 5.92 Å². The zero-order chi connectivity index (χ0) is 8.27. The lowest BCUT2D eigenvalue weighted by Crippen LogP contribution is -2.12. The standard InChI is InChI=1S/C8H12ClNS/c1-6(4-10)2-7-3-8(9)11-5-7/h3,5-6H,2,4,10H2,1H3. The summed E-state index contributed by atoms with van der Waals surface area (Å²) in [5.74, 6) is 0.556. The molecule has 0 amide bonds. The number of rotatable bonds is 3. The maximum absolute atomic E-state index is 5.77. The Morgan fingerprint density at radius 1 is 1.73 bits per heavy atom. The van der Waals surface area contributed by atoms with Crippen LogP contribution < -0.4 is 5.73 Å². The van der Waals surface area contributed by atoms with Crippen molar-refractivity contribution in [1.82, 2.24) is 0 Å². The molecular formula is C8H12ClNS. The molecule has 1 nitrogen and oxygen atoms in total. The van der Waals surface area contributed by atoms with E-state index in [0.29, 0.717) is 5.92 Å². The first kappa shape index (κ1) is 9.04. The van der Waals surface area contributed by atoms with E-state index in [9.17, 15) is 0 Å². The molecule has 0 aliphatic heterocycles. The van der Waals surface area contributed by atoms with E-state index in [1.165, 1.54) is 5.56 Å². The van der Waals surface area contributed by atoms with Crippen LogP contribution in [-0.4, -0.2) is 6.54 Å². The van der Waals surface area contributed by atoms with Crippen molar-refractivity contribution >= 4 is 22.9 Å². The van der Waals surface area contributed by atoms with E-state index in [2.05, 4.69) is 12.3 Å². The van der Waals surface area contributed by atoms with Gasteiger partial charge in [-0.3, -0.25) is 0 Å². The van der Waals surface area contributed by atoms with Gasteiger partial charge in [0.1, 0.15) is 0 Å². The van der Waals surface area contributed by atoms with Crippen LogP contribution >= 0.6 is 22.9 Å². The third kappa shape index (κ3) is 2.81. The van der Waals surface area contributed by atoms with Gasteiger partial charge in [0.05, 0.1) is 4.34 Å². The van der Waals surface area contributed by atoms with E-state index in [-0.39, 0.29) is 0 Å². The molecule has 3 heteroatoms. The molecule has 11 heavy (non-hydrogen) atoms. The Bertz CT molecular complexity index is 222. The molecule has 1 aromatic heterocycles. The minimum Gasteiger partial charge on any atom is -0.330 e. The van der Waals surface area contributed by atoms with Gasteiger partial charge in [-0.25, -0.2) is 0 Å². The summed E-state index contributed by atoms with van der Waals surface area (Å²) in [4.78, 5) is 0. The molecule has 0 spiro atoms. The Morgan fingerprint density at radius 2 is 2.45 bits per heavy atom. The summed E-state index contributed by atoms with van der Waals surface area (Å²) in [6.07, 6.45) is 1.04. The molecule has 1 aromatic rings. The van der Waals surface area contributed by atoms with Crippen molar-refractivity contribution < 1.29 is 0 Å². The normalized spacial score (nSPS) is 13.4. The third-order valence-electron chi connectivity index (χ3n) is 1.61. The molecular weight excluding hydrogens is 178 g/mol. The largest absolute Gasteiger partial charge is 0.330 e. The average Bonchev–Trinajstić information content (AvgIpc) is 2.35. The van der Waals surface area contributed by atoms with Crippen LogP contribution in [0.15, 0.2) is 11.4 Å². The first-order chi connectivity index (χ1) is 5.22. The summed E-state index contributed by atoms with van der Waals surface area (Å²) in [7, 11) is 0. The summed E-state index contributed by atoms with van der Waals surface area (Å²) in [5.41, 5.74) is 6.80. The predicted molar refractivity (Wildman–Crippen MR) is 51.3 cm³/mol. The maximum atomic E-state index is 5.77. The van der Waals surface area contributed by atoms with Crippen molar-refractivity contribution in [3.05, 3.63) is 21.3 Å². The molecule has 0 saturated carbocycles. The summed E-state index contributed by atoms with van der Waals surface area (Å²) in [5, 5.41) is 2.09. The van der Waals surface area contributed by atoms with E-state index in [1.807, 2.05) is 6.07 Å². The van der Waals surface area contributed by atoms with E-state index in [1.54, 1.807) is 11.3 Å². The SMILES string of the molecule is CC(CN)Cc1csc(Cl)c1. The maximum Gasteiger partial charge on any atom is 0.0931 e. The fraction of sp³-hybridized carbons (Fsp3) is 0.500. The average molecular weight is 190 g/mol. The molecule has 0 aromatic carbocycles. The van der Waals surface area contributed by atoms with Gasteiger partial charge < -0.3 is 5.73 Å². The highest BCUT2D eigenvalue weighted by Crippen LogP contribution is 2.21. The van der Waals surface area contributed by atoms with Crippen molar-refractivity contribution in [2.45, 2.75) is 13.3 Å². The molecule has 62 valence electrons. The van der Waals surface area contributed by atoms with Gasteiger partial charge in [-0.15, -0.1) is 11.3 Å². The quantitative estimate of drug-likeness (QED) is 0.777. The van der Waals surface area contributed by atoms with Crippen LogP contribution in [0.2, 0.25) is 4.34 Å². The molecule has 2 N–H and O–H groups in total. The van der Waals surface area contributed by atoms with Gasteiger partial charge in [0.25, 0.3) is 0 Å². The lowest BCUT2D eigenvalue weighted by atomic mass is 10.0. The Balaban J connectivity index is 2.50. The predicted octanol–water partition coefficient (Wildman–Crippen LogP) is 2.54. The number of hydrogen-bond donors (Lipinski definition) is 1. The Kier molecular flexibility index (Phi) is 3.37. The zero-order valence-electron chi connectivity index (χ0n) is 6.51. The van der Waals surface area contributed by atoms with Gasteiger partial charge in [-0.1, -0.05) is 18.5 Å². The van der Waals surface area contributed by atoms with Gasteiger partial charge >= 0.3 is 0 Å². The smallest absolute Gasteiger partial charge is 0.0931 e. The number of nitrogens with two attached hydrogens (primary N) is 1. The molecule has 0 aliphatic carbocycles. The highest BCUT2D eigenvalue weighted by Gasteiger charge is 2.02. The van der Waals surface area contributed by atoms with Crippen molar-refractivity contribution in [2.75, 3.05) is 6.54 Å². The third-order valence-corrected chi connectivity index (χ3v) is 2.75. The van der Waals surface area contributed by atoms with Crippen molar-refractivity contribution in [2.24, 2.45) is 11.7 Å². The molecule has 0 saturated heterocycles. The Hall–Kier alpha value is -0.0500. The number of halogens is 1. The van der Waals surface area contributed by atoms with Crippen LogP contribution in [0.3, 0.4) is 0 Å². The van der Waals surface area contributed by atoms with Crippen molar-refractivity contribution in [1.29, 1.82) is 0 Å². The monoisotopic (exact) mass is 189 g/mol. The van der Waals surface area contributed by atoms with Crippen LogP contribution in [0.1, 0.15) is 12.5 Å². The van der Waals surface area contributed by atoms with Crippen molar-refractivity contribution in [3.63, 3.8) is 0 Å². The summed E-state index contributed by atoms with van der Waals surface area (Å²) >= 11 is 7.36. The Labute approximate surface area is 76.2 Å². The van der Waals surface area contributed by atoms with Crippen LogP contribution in [-0.2, 0) is 6.42 Å². The number of hydrogen-bond acceptors (Lipinski definition) is 2. The lowest BCUT2D eigenvalue weighted by molar-refractivity contribution is 0.594. The Morgan fingerprint density at radius 3 is 2.91 bits per heavy atom. The molecule has 0 aliphatic rings. The fourth-order valence-corrected chi connectivity index (χ4v) is 1.86. The van der Waals surface area contributed by atoms with E-state index < -0.39 is 0 Å². The van der Waals surface area contributed by atoms with Gasteiger partial charge in [0.15, 0.2) is 0 Å². The number of thiophene rings is 1. The first-order valence-corrected chi connectivity index (χ1v) is 4.91. The molecule has 0 fully saturated rings. The second kappa shape index (κ2) is 4.10. The summed E-state index contributed by atoms with van der Waals surface area (Å²) in [6, 6.07) is 2.01. The van der Waals surface area contributed by atoms with Gasteiger partial charge in [0, 0.05) is 0 Å². The highest BCUT2D eigenvalue weighted by atomic mass is 35.5. The first-order valence-electron chi connectivity index (χ1n) is 3.65. The molecule has 1 unspecified atom stereocenters. The zero-order valence-corrected chi connectivity index (χ0v) is 8.08. The van der Waals surface area contributed by atoms with Crippen LogP contribution in [0.5, 0.6) is 0 Å². The van der Waals surface area contributed by atoms with Gasteiger partial charge in [0.2, 0.25) is 0 Å². The second-order valence-electron chi connectivity index (χ2n) is 2.80. The van der Waals surface area contributed by atoms with Crippen LogP contribution in [0.25, 0.3) is 0 Å². The highest BCUT2D eigenvalue weighted by molar-refractivity contribution is 7.14. The van der Waals surface area contributed by atoms with Crippen molar-refractivity contribution in [3.8, 4) is 0 Å².